The molecule has 4 rings (SSSR count). The molecule has 2 aromatic carbocycles. The average molecular weight is 494 g/mol. The van der Waals surface area contributed by atoms with E-state index in [2.05, 4.69) is 48.3 Å². The first-order chi connectivity index (χ1) is 17.4. The van der Waals surface area contributed by atoms with Crippen molar-refractivity contribution in [2.45, 2.75) is 45.3 Å². The van der Waals surface area contributed by atoms with Crippen LogP contribution in [0.25, 0.3) is 0 Å². The quantitative estimate of drug-likeness (QED) is 0.657. The minimum Gasteiger partial charge on any atom is -0.491 e. The smallest absolute Gasteiger partial charge is 0.257 e. The molecule has 0 aromatic heterocycles. The van der Waals surface area contributed by atoms with Gasteiger partial charge in [0.25, 0.3) is 5.91 Å². The van der Waals surface area contributed by atoms with E-state index in [9.17, 15) is 9.59 Å². The molecule has 1 fully saturated rings. The second-order valence-corrected chi connectivity index (χ2v) is 10.3. The number of anilines is 1. The maximum absolute atomic E-state index is 13.5. The van der Waals surface area contributed by atoms with Crippen molar-refractivity contribution >= 4 is 17.5 Å². The number of methoxy groups -OCH3 is 1. The molecule has 1 N–H and O–H groups in total. The number of hydrogen-bond donors (Lipinski definition) is 1. The van der Waals surface area contributed by atoms with E-state index >= 15 is 0 Å². The monoisotopic (exact) mass is 493 g/mol. The van der Waals surface area contributed by atoms with Crippen molar-refractivity contribution in [3.05, 3.63) is 59.7 Å². The van der Waals surface area contributed by atoms with Crippen LogP contribution >= 0.6 is 0 Å². The van der Waals surface area contributed by atoms with E-state index in [0.717, 1.165) is 32.4 Å². The highest BCUT2D eigenvalue weighted by molar-refractivity contribution is 6.00. The zero-order valence-electron chi connectivity index (χ0n) is 21.9. The summed E-state index contributed by atoms with van der Waals surface area (Å²) < 4.78 is 12.1. The number of carbonyl (C=O) groups excluding carboxylic acids is 2. The molecule has 7 heteroatoms. The van der Waals surface area contributed by atoms with Gasteiger partial charge in [0.15, 0.2) is 0 Å². The van der Waals surface area contributed by atoms with Gasteiger partial charge in [-0.2, -0.15) is 0 Å². The molecule has 0 radical (unpaired) electrons. The molecule has 194 valence electrons. The minimum absolute atomic E-state index is 0.0146. The number of benzene rings is 2. The number of likely N-dealkylation sites (N-methyl/N-ethyl adjacent to an activating group) is 1. The number of nitrogens with one attached hydrogen (secondary N) is 1. The summed E-state index contributed by atoms with van der Waals surface area (Å²) in [6, 6.07) is 16.0. The van der Waals surface area contributed by atoms with Gasteiger partial charge in [-0.25, -0.2) is 0 Å². The lowest BCUT2D eigenvalue weighted by Crippen LogP contribution is -2.47. The highest BCUT2D eigenvalue weighted by atomic mass is 16.5. The molecule has 3 atom stereocenters. The van der Waals surface area contributed by atoms with Crippen LogP contribution in [0.2, 0.25) is 0 Å². The maximum Gasteiger partial charge on any atom is 0.257 e. The topological polar surface area (TPSA) is 71.1 Å². The summed E-state index contributed by atoms with van der Waals surface area (Å²) in [5.74, 6) is 0.712. The number of amides is 2. The first-order valence-corrected chi connectivity index (χ1v) is 13.0. The van der Waals surface area contributed by atoms with Gasteiger partial charge in [-0.1, -0.05) is 37.3 Å². The molecule has 2 amide bonds. The van der Waals surface area contributed by atoms with Gasteiger partial charge >= 0.3 is 0 Å². The van der Waals surface area contributed by atoms with Crippen molar-refractivity contribution in [2.75, 3.05) is 45.7 Å². The summed E-state index contributed by atoms with van der Waals surface area (Å²) in [5.41, 5.74) is 2.39. The molecule has 7 nitrogen and oxygen atoms in total. The molecular weight excluding hydrogens is 454 g/mol. The van der Waals surface area contributed by atoms with Crippen molar-refractivity contribution < 1.29 is 19.1 Å². The van der Waals surface area contributed by atoms with Crippen molar-refractivity contribution in [2.24, 2.45) is 11.8 Å². The van der Waals surface area contributed by atoms with Crippen LogP contribution in [-0.2, 0) is 16.0 Å². The average Bonchev–Trinajstić information content (AvgIpc) is 3.74. The Bertz CT molecular complexity index is 1040. The van der Waals surface area contributed by atoms with Gasteiger partial charge < -0.3 is 19.7 Å². The first-order valence-electron chi connectivity index (χ1n) is 13.0. The predicted octanol–water partition coefficient (Wildman–Crippen LogP) is 4.08. The second-order valence-electron chi connectivity index (χ2n) is 10.3. The van der Waals surface area contributed by atoms with Crippen LogP contribution in [0.1, 0.15) is 42.6 Å². The van der Waals surface area contributed by atoms with Crippen LogP contribution < -0.4 is 10.1 Å². The molecule has 0 unspecified atom stereocenters. The molecule has 0 saturated heterocycles. The van der Waals surface area contributed by atoms with Crippen LogP contribution in [0.15, 0.2) is 48.5 Å². The van der Waals surface area contributed by atoms with Gasteiger partial charge in [0, 0.05) is 51.4 Å². The lowest BCUT2D eigenvalue weighted by Gasteiger charge is -2.36. The van der Waals surface area contributed by atoms with Crippen molar-refractivity contribution in [1.82, 2.24) is 9.80 Å². The van der Waals surface area contributed by atoms with Crippen molar-refractivity contribution in [3.8, 4) is 5.75 Å². The Balaban J connectivity index is 1.57. The normalized spacial score (nSPS) is 23.7. The van der Waals surface area contributed by atoms with E-state index in [1.54, 1.807) is 31.2 Å². The Morgan fingerprint density at radius 2 is 1.86 bits per heavy atom. The second kappa shape index (κ2) is 11.9. The highest BCUT2D eigenvalue weighted by Gasteiger charge is 2.31. The van der Waals surface area contributed by atoms with Crippen molar-refractivity contribution in [3.63, 3.8) is 0 Å². The van der Waals surface area contributed by atoms with Crippen LogP contribution in [-0.4, -0.2) is 74.2 Å². The Labute approximate surface area is 214 Å². The molecule has 2 aromatic rings. The third-order valence-electron chi connectivity index (χ3n) is 7.32. The third kappa shape index (κ3) is 6.65. The van der Waals surface area contributed by atoms with Gasteiger partial charge in [0.1, 0.15) is 12.4 Å². The maximum atomic E-state index is 13.5. The van der Waals surface area contributed by atoms with Gasteiger partial charge in [-0.15, -0.1) is 0 Å². The fraction of sp³-hybridized carbons (Fsp3) is 0.517. The molecule has 36 heavy (non-hydrogen) atoms. The van der Waals surface area contributed by atoms with Gasteiger partial charge in [-0.3, -0.25) is 14.5 Å². The summed E-state index contributed by atoms with van der Waals surface area (Å²) in [4.78, 5) is 29.9. The van der Waals surface area contributed by atoms with Crippen molar-refractivity contribution in [1.29, 1.82) is 0 Å². The molecule has 2 aliphatic rings. The molecular formula is C29H39N3O4. The van der Waals surface area contributed by atoms with Crippen LogP contribution in [0.5, 0.6) is 5.75 Å². The van der Waals surface area contributed by atoms with E-state index in [-0.39, 0.29) is 35.8 Å². The van der Waals surface area contributed by atoms with E-state index in [0.29, 0.717) is 30.2 Å². The van der Waals surface area contributed by atoms with Gasteiger partial charge in [-0.05, 0) is 55.9 Å². The highest BCUT2D eigenvalue weighted by Crippen LogP contribution is 2.31. The van der Waals surface area contributed by atoms with E-state index in [1.165, 1.54) is 5.56 Å². The Kier molecular flexibility index (Phi) is 8.64. The Morgan fingerprint density at radius 1 is 1.11 bits per heavy atom. The standard InChI is InChI=1S/C29H39N3O4/c1-20-17-32(15-14-22-8-6-5-7-9-22)21(2)19-36-26-13-12-24(30-28(33)23-10-11-23)16-25(26)29(34)31(3)18-27(20)35-4/h5-9,12-13,16,20-21,23,27H,10-11,14-15,17-19H2,1-4H3,(H,30,33)/t20-,21-,27+/m0/s1. The van der Waals surface area contributed by atoms with Gasteiger partial charge in [0.2, 0.25) is 5.91 Å². The van der Waals surface area contributed by atoms with Gasteiger partial charge in [0.05, 0.1) is 11.7 Å². The zero-order chi connectivity index (χ0) is 25.7. The number of hydrogen-bond acceptors (Lipinski definition) is 5. The molecule has 0 bridgehead atoms. The summed E-state index contributed by atoms with van der Waals surface area (Å²) in [7, 11) is 3.51. The largest absolute Gasteiger partial charge is 0.491 e. The minimum atomic E-state index is -0.143. The lowest BCUT2D eigenvalue weighted by atomic mass is 10.0. The number of carbonyl (C=O) groups is 2. The summed E-state index contributed by atoms with van der Waals surface area (Å²) in [6.07, 6.45) is 2.70. The summed E-state index contributed by atoms with van der Waals surface area (Å²) in [5, 5.41) is 2.95. The third-order valence-corrected chi connectivity index (χ3v) is 7.32. The summed E-state index contributed by atoms with van der Waals surface area (Å²) in [6.45, 7) is 7.02. The fourth-order valence-electron chi connectivity index (χ4n) is 4.75. The first kappa shape index (κ1) is 26.2. The predicted molar refractivity (Wildman–Crippen MR) is 141 cm³/mol. The van der Waals surface area contributed by atoms with E-state index in [1.807, 2.05) is 12.1 Å². The van der Waals surface area contributed by atoms with Crippen LogP contribution in [0.4, 0.5) is 5.69 Å². The number of rotatable bonds is 6. The molecule has 1 saturated carbocycles. The van der Waals surface area contributed by atoms with E-state index < -0.39 is 0 Å². The zero-order valence-corrected chi connectivity index (χ0v) is 21.9. The molecule has 1 aliphatic heterocycles. The Morgan fingerprint density at radius 3 is 2.56 bits per heavy atom. The van der Waals surface area contributed by atoms with Crippen LogP contribution in [0, 0.1) is 11.8 Å². The van der Waals surface area contributed by atoms with Crippen LogP contribution in [0.3, 0.4) is 0 Å². The SMILES string of the molecule is CO[C@@H]1CN(C)C(=O)c2cc(NC(=O)C3CC3)ccc2OC[C@H](C)N(CCc2ccccc2)C[C@@H]1C. The number of ether oxygens (including phenoxy) is 2. The Hall–Kier alpha value is -2.90. The lowest BCUT2D eigenvalue weighted by molar-refractivity contribution is -0.117. The summed E-state index contributed by atoms with van der Waals surface area (Å²) >= 11 is 0. The number of nitrogens with zero attached hydrogens (tertiary/aromatic N) is 2. The molecule has 0 spiro atoms. The number of fused-ring (bicyclic) bond motifs is 1. The van der Waals surface area contributed by atoms with E-state index in [4.69, 9.17) is 9.47 Å². The molecule has 1 heterocycles. The fourth-order valence-corrected chi connectivity index (χ4v) is 4.75. The molecule has 1 aliphatic carbocycles.